The molecule has 0 aromatic rings. The van der Waals surface area contributed by atoms with Crippen molar-refractivity contribution in [1.82, 2.24) is 0 Å². The quantitative estimate of drug-likeness (QED) is 0.682. The molecule has 1 spiro atoms. The largest absolute Gasteiger partial charge is 0.462 e. The predicted octanol–water partition coefficient (Wildman–Crippen LogP) is 3.02. The summed E-state index contributed by atoms with van der Waals surface area (Å²) in [6.45, 7) is 11.9. The summed E-state index contributed by atoms with van der Waals surface area (Å²) in [5.41, 5.74) is -0.459. The van der Waals surface area contributed by atoms with Crippen molar-refractivity contribution in [3.63, 3.8) is 0 Å². The van der Waals surface area contributed by atoms with Crippen LogP contribution in [0, 0.1) is 22.7 Å². The van der Waals surface area contributed by atoms with Crippen molar-refractivity contribution in [2.45, 2.75) is 71.9 Å². The van der Waals surface area contributed by atoms with Crippen molar-refractivity contribution in [2.75, 3.05) is 6.61 Å². The predicted molar refractivity (Wildman–Crippen MR) is 90.6 cm³/mol. The summed E-state index contributed by atoms with van der Waals surface area (Å²) in [6.07, 6.45) is 3.42. The molecule has 0 amide bonds. The monoisotopic (exact) mass is 348 g/mol. The highest BCUT2D eigenvalue weighted by Crippen LogP contribution is 2.70. The molecule has 0 aromatic carbocycles. The lowest BCUT2D eigenvalue weighted by atomic mass is 9.64. The number of hydrogen-bond donors (Lipinski definition) is 0. The third-order valence-electron chi connectivity index (χ3n) is 7.09. The van der Waals surface area contributed by atoms with Crippen LogP contribution in [0.1, 0.15) is 54.4 Å². The van der Waals surface area contributed by atoms with Crippen molar-refractivity contribution in [2.24, 2.45) is 22.7 Å². The van der Waals surface area contributed by atoms with Gasteiger partial charge < -0.3 is 14.2 Å². The molecular formula is C20H28O5. The third kappa shape index (κ3) is 2.02. The third-order valence-corrected chi connectivity index (χ3v) is 7.09. The van der Waals surface area contributed by atoms with Crippen molar-refractivity contribution in [3.8, 4) is 0 Å². The molecule has 0 N–H and O–H groups in total. The topological polar surface area (TPSA) is 61.8 Å². The molecule has 3 fully saturated rings. The zero-order chi connectivity index (χ0) is 18.4. The van der Waals surface area contributed by atoms with E-state index in [1.54, 1.807) is 6.08 Å². The SMILES string of the molecule is CC(=O)O[C@@H]1[C@@H]2[C@@H](CC3=CC(=O)[C@@]4(COC(C)(C)O4)[C@]32C)CC1(C)C. The second kappa shape index (κ2) is 4.74. The Bertz CT molecular complexity index is 690. The van der Waals surface area contributed by atoms with Crippen molar-refractivity contribution in [1.29, 1.82) is 0 Å². The maximum atomic E-state index is 13.0. The molecule has 1 saturated heterocycles. The Morgan fingerprint density at radius 1 is 1.24 bits per heavy atom. The highest BCUT2D eigenvalue weighted by molar-refractivity contribution is 6.03. The fraction of sp³-hybridized carbons (Fsp3) is 0.800. The van der Waals surface area contributed by atoms with E-state index in [1.165, 1.54) is 6.92 Å². The number of rotatable bonds is 1. The number of hydrogen-bond acceptors (Lipinski definition) is 5. The van der Waals surface area contributed by atoms with Crippen LogP contribution in [-0.4, -0.2) is 35.9 Å². The molecule has 0 bridgehead atoms. The van der Waals surface area contributed by atoms with Gasteiger partial charge in [-0.15, -0.1) is 0 Å². The Morgan fingerprint density at radius 3 is 2.48 bits per heavy atom. The fourth-order valence-corrected chi connectivity index (χ4v) is 6.15. The average molecular weight is 348 g/mol. The van der Waals surface area contributed by atoms with Crippen LogP contribution in [0.25, 0.3) is 0 Å². The van der Waals surface area contributed by atoms with Gasteiger partial charge in [-0.25, -0.2) is 0 Å². The van der Waals surface area contributed by atoms with Crippen LogP contribution in [0.4, 0.5) is 0 Å². The van der Waals surface area contributed by atoms with Crippen LogP contribution < -0.4 is 0 Å². The van der Waals surface area contributed by atoms with Gasteiger partial charge >= 0.3 is 5.97 Å². The van der Waals surface area contributed by atoms with Crippen LogP contribution in [0.3, 0.4) is 0 Å². The summed E-state index contributed by atoms with van der Waals surface area (Å²) >= 11 is 0. The normalized spacial score (nSPS) is 46.2. The molecule has 25 heavy (non-hydrogen) atoms. The molecular weight excluding hydrogens is 320 g/mol. The highest BCUT2D eigenvalue weighted by atomic mass is 16.8. The lowest BCUT2D eigenvalue weighted by Gasteiger charge is -2.45. The van der Waals surface area contributed by atoms with E-state index in [0.29, 0.717) is 5.92 Å². The molecule has 5 atom stereocenters. The summed E-state index contributed by atoms with van der Waals surface area (Å²) < 4.78 is 18.0. The van der Waals surface area contributed by atoms with E-state index < -0.39 is 16.8 Å². The van der Waals surface area contributed by atoms with Gasteiger partial charge in [-0.1, -0.05) is 26.3 Å². The van der Waals surface area contributed by atoms with E-state index in [4.69, 9.17) is 14.2 Å². The van der Waals surface area contributed by atoms with Gasteiger partial charge in [0.1, 0.15) is 6.10 Å². The molecule has 5 heteroatoms. The summed E-state index contributed by atoms with van der Waals surface area (Å²) in [5, 5.41) is 0. The van der Waals surface area contributed by atoms with Crippen molar-refractivity contribution < 1.29 is 23.8 Å². The fourth-order valence-electron chi connectivity index (χ4n) is 6.15. The van der Waals surface area contributed by atoms with Crippen LogP contribution in [0.5, 0.6) is 0 Å². The standard InChI is InChI=1S/C20H28O5/c1-11(21)24-16-15-12(9-17(16,2)3)7-13-8-14(22)20(19(13,15)6)10-23-18(4,5)25-20/h8,12,15-16H,7,9-10H2,1-6H3/t12-,15-,16+,19+,20-/m0/s1. The molecule has 2 saturated carbocycles. The number of carbonyl (C=O) groups excluding carboxylic acids is 2. The molecule has 0 aromatic heterocycles. The van der Waals surface area contributed by atoms with E-state index >= 15 is 0 Å². The Hall–Kier alpha value is -1.20. The van der Waals surface area contributed by atoms with Crippen LogP contribution in [0.2, 0.25) is 0 Å². The minimum absolute atomic E-state index is 0.000283. The summed E-state index contributed by atoms with van der Waals surface area (Å²) in [6, 6.07) is 0. The molecule has 1 aliphatic heterocycles. The van der Waals surface area contributed by atoms with Gasteiger partial charge in [-0.05, 0) is 38.7 Å². The maximum absolute atomic E-state index is 13.0. The maximum Gasteiger partial charge on any atom is 0.302 e. The first-order valence-corrected chi connectivity index (χ1v) is 9.20. The smallest absolute Gasteiger partial charge is 0.302 e. The summed E-state index contributed by atoms with van der Waals surface area (Å²) in [4.78, 5) is 24.8. The first-order chi connectivity index (χ1) is 11.4. The number of ether oxygens (including phenoxy) is 3. The number of fused-ring (bicyclic) bond motifs is 4. The van der Waals surface area contributed by atoms with E-state index in [-0.39, 0.29) is 35.8 Å². The first kappa shape index (κ1) is 17.2. The van der Waals surface area contributed by atoms with E-state index in [0.717, 1.165) is 18.4 Å². The number of esters is 1. The number of carbonyl (C=O) groups is 2. The second-order valence-electron chi connectivity index (χ2n) is 9.57. The first-order valence-electron chi connectivity index (χ1n) is 9.20. The molecule has 4 rings (SSSR count). The molecule has 5 nitrogen and oxygen atoms in total. The van der Waals surface area contributed by atoms with Gasteiger partial charge in [0.2, 0.25) is 0 Å². The lowest BCUT2D eigenvalue weighted by molar-refractivity contribution is -0.195. The van der Waals surface area contributed by atoms with Crippen LogP contribution >= 0.6 is 0 Å². The van der Waals surface area contributed by atoms with Gasteiger partial charge in [0.15, 0.2) is 17.2 Å². The molecule has 0 radical (unpaired) electrons. The average Bonchev–Trinajstić information content (AvgIpc) is 3.06. The van der Waals surface area contributed by atoms with E-state index in [9.17, 15) is 9.59 Å². The van der Waals surface area contributed by atoms with E-state index in [2.05, 4.69) is 20.8 Å². The summed E-state index contributed by atoms with van der Waals surface area (Å²) in [5.74, 6) is -0.581. The Balaban J connectivity index is 1.82. The lowest BCUT2D eigenvalue weighted by Crippen LogP contribution is -2.57. The van der Waals surface area contributed by atoms with Gasteiger partial charge in [0.05, 0.1) is 6.61 Å². The molecule has 4 aliphatic rings. The van der Waals surface area contributed by atoms with Crippen molar-refractivity contribution in [3.05, 3.63) is 11.6 Å². The number of ketones is 1. The van der Waals surface area contributed by atoms with Gasteiger partial charge in [0.25, 0.3) is 0 Å². The second-order valence-corrected chi connectivity index (χ2v) is 9.57. The van der Waals surface area contributed by atoms with Crippen LogP contribution in [-0.2, 0) is 23.8 Å². The Morgan fingerprint density at radius 2 is 1.92 bits per heavy atom. The van der Waals surface area contributed by atoms with Gasteiger partial charge in [0, 0.05) is 23.7 Å². The van der Waals surface area contributed by atoms with Gasteiger partial charge in [-0.2, -0.15) is 0 Å². The molecule has 3 aliphatic carbocycles. The van der Waals surface area contributed by atoms with Crippen LogP contribution in [0.15, 0.2) is 11.6 Å². The Kier molecular flexibility index (Phi) is 3.27. The minimum Gasteiger partial charge on any atom is -0.462 e. The molecule has 1 heterocycles. The minimum atomic E-state index is -0.996. The van der Waals surface area contributed by atoms with Crippen molar-refractivity contribution >= 4 is 11.8 Å². The highest BCUT2D eigenvalue weighted by Gasteiger charge is 2.75. The molecule has 0 unspecified atom stereocenters. The zero-order valence-electron chi connectivity index (χ0n) is 16.0. The molecule has 138 valence electrons. The van der Waals surface area contributed by atoms with E-state index in [1.807, 2.05) is 13.8 Å². The summed E-state index contributed by atoms with van der Waals surface area (Å²) in [7, 11) is 0. The van der Waals surface area contributed by atoms with Gasteiger partial charge in [-0.3, -0.25) is 9.59 Å². The zero-order valence-corrected chi connectivity index (χ0v) is 16.0. The Labute approximate surface area is 149 Å².